The van der Waals surface area contributed by atoms with E-state index in [4.69, 9.17) is 19.2 Å². The minimum absolute atomic E-state index is 0.0159. The molecule has 2 aliphatic rings. The van der Waals surface area contributed by atoms with Crippen molar-refractivity contribution in [1.29, 1.82) is 10.5 Å². The molecule has 1 saturated heterocycles. The molecule has 2 fully saturated rings. The van der Waals surface area contributed by atoms with Gasteiger partial charge in [0.15, 0.2) is 11.4 Å². The molecule has 1 N–H and O–H groups in total. The van der Waals surface area contributed by atoms with Gasteiger partial charge >= 0.3 is 12.7 Å². The summed E-state index contributed by atoms with van der Waals surface area (Å²) >= 11 is 0. The zero-order chi connectivity index (χ0) is 36.4. The van der Waals surface area contributed by atoms with E-state index in [2.05, 4.69) is 32.4 Å². The largest absolute Gasteiger partial charge is 0.497 e. The predicted octanol–water partition coefficient (Wildman–Crippen LogP) is 5.84. The van der Waals surface area contributed by atoms with E-state index in [1.54, 1.807) is 32.8 Å². The van der Waals surface area contributed by atoms with Gasteiger partial charge in [0, 0.05) is 38.3 Å². The van der Waals surface area contributed by atoms with Gasteiger partial charge in [-0.15, -0.1) is 0 Å². The van der Waals surface area contributed by atoms with Crippen LogP contribution in [0.4, 0.5) is 36.8 Å². The fraction of sp³-hybridized carbons (Fsp3) is 0.429. The van der Waals surface area contributed by atoms with Crippen molar-refractivity contribution in [3.05, 3.63) is 59.3 Å². The average Bonchev–Trinajstić information content (AvgIpc) is 3.85. The Morgan fingerprint density at radius 2 is 1.86 bits per heavy atom. The molecule has 0 unspecified atom stereocenters. The lowest BCUT2D eigenvalue weighted by atomic mass is 10.1. The van der Waals surface area contributed by atoms with Crippen LogP contribution in [-0.4, -0.2) is 81.6 Å². The van der Waals surface area contributed by atoms with Crippen LogP contribution in [0.5, 0.6) is 11.5 Å². The van der Waals surface area contributed by atoms with Crippen molar-refractivity contribution in [2.75, 3.05) is 41.9 Å². The number of amides is 1. The molecule has 2 aromatic carbocycles. The molecular weight excluding hydrogens is 662 g/mol. The molecule has 1 amide bonds. The van der Waals surface area contributed by atoms with Crippen molar-refractivity contribution in [2.24, 2.45) is 0 Å². The first-order chi connectivity index (χ1) is 24.4. The SMILES string of the molecule is COc1ccc(CN(c2nc(Nc3cc(C#N)cc(N4CCN(C(=O)OC(C)(C)C)C[C@@H]4C)c3OC(F)F)nc3c(C#N)cnn23)C2CC2)cc1. The maximum atomic E-state index is 14.1. The summed E-state index contributed by atoms with van der Waals surface area (Å²) in [5.74, 6) is 0.872. The fourth-order valence-corrected chi connectivity index (χ4v) is 5.99. The second-order valence-corrected chi connectivity index (χ2v) is 13.4. The van der Waals surface area contributed by atoms with E-state index in [0.717, 1.165) is 24.2 Å². The Hall–Kier alpha value is -5.90. The molecule has 0 bridgehead atoms. The first-order valence-corrected chi connectivity index (χ1v) is 16.5. The summed E-state index contributed by atoms with van der Waals surface area (Å²) in [6, 6.07) is 14.5. The van der Waals surface area contributed by atoms with Gasteiger partial charge in [-0.3, -0.25) is 0 Å². The Morgan fingerprint density at radius 3 is 2.47 bits per heavy atom. The number of piperazine rings is 1. The van der Waals surface area contributed by atoms with Gasteiger partial charge < -0.3 is 34.2 Å². The van der Waals surface area contributed by atoms with Gasteiger partial charge in [0.2, 0.25) is 11.9 Å². The molecule has 0 spiro atoms. The number of benzene rings is 2. The topological polar surface area (TPSA) is 157 Å². The van der Waals surface area contributed by atoms with Crippen LogP contribution in [0.2, 0.25) is 0 Å². The van der Waals surface area contributed by atoms with E-state index < -0.39 is 18.3 Å². The van der Waals surface area contributed by atoms with E-state index in [0.29, 0.717) is 12.5 Å². The first-order valence-electron chi connectivity index (χ1n) is 16.5. The third-order valence-electron chi connectivity index (χ3n) is 8.47. The zero-order valence-corrected chi connectivity index (χ0v) is 28.9. The number of nitrogens with zero attached hydrogens (tertiary/aromatic N) is 9. The molecule has 16 heteroatoms. The van der Waals surface area contributed by atoms with E-state index in [9.17, 15) is 24.1 Å². The quantitative estimate of drug-likeness (QED) is 0.211. The lowest BCUT2D eigenvalue weighted by molar-refractivity contribution is -0.0491. The molecule has 1 saturated carbocycles. The number of halogens is 2. The minimum atomic E-state index is -3.20. The van der Waals surface area contributed by atoms with Crippen molar-refractivity contribution in [3.8, 4) is 23.6 Å². The number of hydrogen-bond donors (Lipinski definition) is 1. The Labute approximate surface area is 293 Å². The van der Waals surface area contributed by atoms with Crippen molar-refractivity contribution in [3.63, 3.8) is 0 Å². The summed E-state index contributed by atoms with van der Waals surface area (Å²) < 4.78 is 45.6. The van der Waals surface area contributed by atoms with Crippen LogP contribution in [0, 0.1) is 22.7 Å². The van der Waals surface area contributed by atoms with Crippen LogP contribution < -0.4 is 24.6 Å². The Bertz CT molecular complexity index is 2000. The molecule has 14 nitrogen and oxygen atoms in total. The minimum Gasteiger partial charge on any atom is -0.497 e. The lowest BCUT2D eigenvalue weighted by Gasteiger charge is -2.42. The number of rotatable bonds is 10. The van der Waals surface area contributed by atoms with Gasteiger partial charge in [-0.2, -0.15) is 38.9 Å². The summed E-state index contributed by atoms with van der Waals surface area (Å²) in [5.41, 5.74) is 1.12. The van der Waals surface area contributed by atoms with Crippen molar-refractivity contribution < 1.29 is 27.8 Å². The number of nitriles is 2. The maximum absolute atomic E-state index is 14.1. The van der Waals surface area contributed by atoms with E-state index in [1.807, 2.05) is 36.1 Å². The predicted molar refractivity (Wildman–Crippen MR) is 183 cm³/mol. The molecule has 1 aliphatic heterocycles. The highest BCUT2D eigenvalue weighted by Crippen LogP contribution is 2.42. The Kier molecular flexibility index (Phi) is 9.69. The van der Waals surface area contributed by atoms with Crippen LogP contribution in [0.3, 0.4) is 0 Å². The second kappa shape index (κ2) is 14.1. The number of aromatic nitrogens is 4. The molecule has 0 radical (unpaired) electrons. The highest BCUT2D eigenvalue weighted by atomic mass is 19.3. The van der Waals surface area contributed by atoms with Crippen molar-refractivity contribution >= 4 is 35.0 Å². The number of carbonyl (C=O) groups excluding carboxylic acids is 1. The molecule has 1 aliphatic carbocycles. The highest BCUT2D eigenvalue weighted by Gasteiger charge is 2.35. The van der Waals surface area contributed by atoms with Gasteiger partial charge in [-0.25, -0.2) is 4.79 Å². The third kappa shape index (κ3) is 7.80. The second-order valence-electron chi connectivity index (χ2n) is 13.4. The molecular formula is C35H38F2N10O4. The van der Waals surface area contributed by atoms with E-state index >= 15 is 0 Å². The number of hydrogen-bond acceptors (Lipinski definition) is 12. The monoisotopic (exact) mass is 700 g/mol. The number of ether oxygens (including phenoxy) is 3. The van der Waals surface area contributed by atoms with Gasteiger partial charge in [-0.05, 0) is 70.4 Å². The van der Waals surface area contributed by atoms with Crippen LogP contribution >= 0.6 is 0 Å². The van der Waals surface area contributed by atoms with Crippen molar-refractivity contribution in [2.45, 2.75) is 71.4 Å². The summed E-state index contributed by atoms with van der Waals surface area (Å²) in [5, 5.41) is 27.3. The maximum Gasteiger partial charge on any atom is 0.410 e. The van der Waals surface area contributed by atoms with Crippen molar-refractivity contribution in [1.82, 2.24) is 24.5 Å². The van der Waals surface area contributed by atoms with E-state index in [1.165, 1.54) is 22.8 Å². The van der Waals surface area contributed by atoms with Gasteiger partial charge in [-0.1, -0.05) is 12.1 Å². The van der Waals surface area contributed by atoms with Gasteiger partial charge in [0.1, 0.15) is 23.0 Å². The molecule has 51 heavy (non-hydrogen) atoms. The Balaban J connectivity index is 1.39. The number of anilines is 4. The van der Waals surface area contributed by atoms with Crippen LogP contribution in [-0.2, 0) is 11.3 Å². The normalized spacial score (nSPS) is 16.1. The molecule has 4 aromatic rings. The zero-order valence-electron chi connectivity index (χ0n) is 28.9. The number of methoxy groups -OCH3 is 1. The van der Waals surface area contributed by atoms with E-state index in [-0.39, 0.29) is 71.6 Å². The third-order valence-corrected chi connectivity index (χ3v) is 8.47. The molecule has 1 atom stereocenters. The Morgan fingerprint density at radius 1 is 1.12 bits per heavy atom. The summed E-state index contributed by atoms with van der Waals surface area (Å²) in [6.07, 6.45) is 2.75. The number of alkyl halides is 2. The molecule has 3 heterocycles. The average molecular weight is 701 g/mol. The summed E-state index contributed by atoms with van der Waals surface area (Å²) in [6.45, 7) is 5.19. The highest BCUT2D eigenvalue weighted by molar-refractivity contribution is 5.78. The summed E-state index contributed by atoms with van der Waals surface area (Å²) in [7, 11) is 1.60. The molecule has 6 rings (SSSR count). The first kappa shape index (κ1) is 34.9. The lowest BCUT2D eigenvalue weighted by Crippen LogP contribution is -2.54. The smallest absolute Gasteiger partial charge is 0.410 e. The fourth-order valence-electron chi connectivity index (χ4n) is 5.99. The molecule has 266 valence electrons. The number of nitrogens with one attached hydrogen (secondary N) is 1. The van der Waals surface area contributed by atoms with Crippen LogP contribution in [0.15, 0.2) is 42.6 Å². The number of carbonyl (C=O) groups is 1. The standard InChI is InChI=1S/C35H38F2N10O4/c1-21-19-44(34(48)51-35(2,3)4)12-13-45(21)28-15-23(16-38)14-27(29(28)50-31(36)37)41-32-42-30-24(17-39)18-40-47(30)33(43-32)46(25-8-9-25)20-22-6-10-26(49-5)11-7-22/h6-7,10-11,14-15,18,21,25,31H,8-9,12-13,19-20H2,1-5H3,(H,41,42)/t21-/m0/s1. The summed E-state index contributed by atoms with van der Waals surface area (Å²) in [4.78, 5) is 27.6. The van der Waals surface area contributed by atoms with Gasteiger partial charge in [0.05, 0.1) is 36.3 Å². The van der Waals surface area contributed by atoms with Crippen LogP contribution in [0.25, 0.3) is 5.65 Å². The van der Waals surface area contributed by atoms with Crippen LogP contribution in [0.1, 0.15) is 57.2 Å². The number of fused-ring (bicyclic) bond motifs is 1. The molecule has 2 aromatic heterocycles. The van der Waals surface area contributed by atoms with Gasteiger partial charge in [0.25, 0.3) is 0 Å².